The Kier molecular flexibility index (Phi) is 6.97. The van der Waals surface area contributed by atoms with Gasteiger partial charge in [0.1, 0.15) is 0 Å². The van der Waals surface area contributed by atoms with Crippen LogP contribution in [0.4, 0.5) is 0 Å². The highest BCUT2D eigenvalue weighted by atomic mass is 15.2. The maximum atomic E-state index is 4.22. The predicted octanol–water partition coefficient (Wildman–Crippen LogP) is 2.52. The van der Waals surface area contributed by atoms with Crippen molar-refractivity contribution in [3.05, 3.63) is 48.0 Å². The van der Waals surface area contributed by atoms with Crippen molar-refractivity contribution in [3.8, 4) is 0 Å². The number of piperidine rings is 1. The number of rotatable bonds is 6. The summed E-state index contributed by atoms with van der Waals surface area (Å²) in [7, 11) is 1.79. The topological polar surface area (TPSA) is 39.7 Å². The van der Waals surface area contributed by atoms with Crippen molar-refractivity contribution in [1.29, 1.82) is 0 Å². The van der Waals surface area contributed by atoms with Crippen LogP contribution in [0, 0.1) is 0 Å². The molecule has 0 atom stereocenters. The van der Waals surface area contributed by atoms with Crippen LogP contribution in [0.5, 0.6) is 0 Å². The van der Waals surface area contributed by atoms with Crippen molar-refractivity contribution >= 4 is 5.96 Å². The molecule has 0 radical (unpaired) electrons. The Hall–Kier alpha value is -1.81. The van der Waals surface area contributed by atoms with E-state index in [1.54, 1.807) is 7.05 Å². The molecule has 22 heavy (non-hydrogen) atoms. The molecule has 1 fully saturated rings. The quantitative estimate of drug-likeness (QED) is 0.482. The van der Waals surface area contributed by atoms with E-state index < -0.39 is 0 Å². The molecule has 0 amide bonds. The van der Waals surface area contributed by atoms with E-state index in [0.717, 1.165) is 25.6 Å². The highest BCUT2D eigenvalue weighted by Crippen LogP contribution is 2.16. The predicted molar refractivity (Wildman–Crippen MR) is 94.0 cm³/mol. The lowest BCUT2D eigenvalue weighted by molar-refractivity contribution is 0.220. The molecule has 2 rings (SSSR count). The van der Waals surface area contributed by atoms with E-state index in [9.17, 15) is 0 Å². The minimum absolute atomic E-state index is 0.717. The van der Waals surface area contributed by atoms with Gasteiger partial charge in [0.15, 0.2) is 5.96 Å². The molecular formula is C18H28N4. The number of hydrogen-bond donors (Lipinski definition) is 2. The first-order valence-corrected chi connectivity index (χ1v) is 8.18. The first kappa shape index (κ1) is 16.6. The zero-order chi connectivity index (χ0) is 15.6. The van der Waals surface area contributed by atoms with Crippen LogP contribution in [0.15, 0.2) is 41.9 Å². The van der Waals surface area contributed by atoms with Gasteiger partial charge in [-0.1, -0.05) is 36.8 Å². The van der Waals surface area contributed by atoms with Crippen LogP contribution in [0.1, 0.15) is 30.4 Å². The number of hydrogen-bond acceptors (Lipinski definition) is 2. The van der Waals surface area contributed by atoms with Crippen LogP contribution < -0.4 is 10.6 Å². The van der Waals surface area contributed by atoms with Gasteiger partial charge in [0.05, 0.1) is 0 Å². The van der Waals surface area contributed by atoms with E-state index >= 15 is 0 Å². The van der Waals surface area contributed by atoms with Gasteiger partial charge in [-0.3, -0.25) is 9.89 Å². The zero-order valence-electron chi connectivity index (χ0n) is 13.6. The average molecular weight is 300 g/mol. The Bertz CT molecular complexity index is 490. The minimum atomic E-state index is 0.717. The van der Waals surface area contributed by atoms with E-state index in [1.165, 1.54) is 43.5 Å². The van der Waals surface area contributed by atoms with Crippen LogP contribution >= 0.6 is 0 Å². The third-order valence-electron chi connectivity index (χ3n) is 4.04. The third-order valence-corrected chi connectivity index (χ3v) is 4.04. The summed E-state index contributed by atoms with van der Waals surface area (Å²) in [5, 5.41) is 6.57. The van der Waals surface area contributed by atoms with Gasteiger partial charge in [-0.25, -0.2) is 0 Å². The smallest absolute Gasteiger partial charge is 0.191 e. The van der Waals surface area contributed by atoms with Crippen LogP contribution in [0.25, 0.3) is 0 Å². The van der Waals surface area contributed by atoms with E-state index in [-0.39, 0.29) is 0 Å². The van der Waals surface area contributed by atoms with Gasteiger partial charge in [0.25, 0.3) is 0 Å². The van der Waals surface area contributed by atoms with Crippen molar-refractivity contribution in [3.63, 3.8) is 0 Å². The maximum Gasteiger partial charge on any atom is 0.191 e. The first-order valence-electron chi connectivity index (χ1n) is 8.18. The second kappa shape index (κ2) is 9.26. The van der Waals surface area contributed by atoms with Crippen LogP contribution in [-0.4, -0.2) is 37.5 Å². The first-order chi connectivity index (χ1) is 10.8. The van der Waals surface area contributed by atoms with Gasteiger partial charge in [0, 0.05) is 26.7 Å². The van der Waals surface area contributed by atoms with Crippen LogP contribution in [-0.2, 0) is 13.1 Å². The fourth-order valence-corrected chi connectivity index (χ4v) is 2.81. The number of nitrogens with zero attached hydrogens (tertiary/aromatic N) is 2. The number of likely N-dealkylation sites (tertiary alicyclic amines) is 1. The van der Waals surface area contributed by atoms with E-state index in [4.69, 9.17) is 0 Å². The van der Waals surface area contributed by atoms with E-state index in [2.05, 4.69) is 51.4 Å². The van der Waals surface area contributed by atoms with Gasteiger partial charge in [-0.2, -0.15) is 0 Å². The lowest BCUT2D eigenvalue weighted by Crippen LogP contribution is -2.37. The second-order valence-electron chi connectivity index (χ2n) is 5.70. The molecule has 4 heteroatoms. The molecule has 0 spiro atoms. The van der Waals surface area contributed by atoms with Crippen molar-refractivity contribution in [2.24, 2.45) is 4.99 Å². The molecule has 1 aliphatic rings. The summed E-state index contributed by atoms with van der Waals surface area (Å²) in [6.07, 6.45) is 5.87. The highest BCUT2D eigenvalue weighted by molar-refractivity contribution is 5.79. The number of benzene rings is 1. The van der Waals surface area contributed by atoms with Crippen LogP contribution in [0.2, 0.25) is 0 Å². The molecule has 0 saturated carbocycles. The third kappa shape index (κ3) is 5.19. The number of nitrogens with one attached hydrogen (secondary N) is 2. The molecule has 1 saturated heterocycles. The summed E-state index contributed by atoms with van der Waals surface area (Å²) < 4.78 is 0. The summed E-state index contributed by atoms with van der Waals surface area (Å²) in [4.78, 5) is 6.78. The zero-order valence-corrected chi connectivity index (χ0v) is 13.6. The largest absolute Gasteiger partial charge is 0.353 e. The molecular weight excluding hydrogens is 272 g/mol. The maximum absolute atomic E-state index is 4.22. The highest BCUT2D eigenvalue weighted by Gasteiger charge is 2.12. The van der Waals surface area contributed by atoms with Crippen molar-refractivity contribution < 1.29 is 0 Å². The number of aliphatic imine (C=N–C) groups is 1. The summed E-state index contributed by atoms with van der Waals surface area (Å²) in [5.74, 6) is 0.813. The average Bonchev–Trinajstić information content (AvgIpc) is 2.57. The summed E-state index contributed by atoms with van der Waals surface area (Å²) >= 11 is 0. The summed E-state index contributed by atoms with van der Waals surface area (Å²) in [5.41, 5.74) is 2.76. The van der Waals surface area contributed by atoms with Gasteiger partial charge in [0.2, 0.25) is 0 Å². The molecule has 1 aromatic carbocycles. The SMILES string of the molecule is C=CCNC(=NC)NCc1ccccc1CN1CCCCC1. The molecule has 0 bridgehead atoms. The molecule has 0 aromatic heterocycles. The van der Waals surface area contributed by atoms with Gasteiger partial charge < -0.3 is 10.6 Å². The fraction of sp³-hybridized carbons (Fsp3) is 0.500. The second-order valence-corrected chi connectivity index (χ2v) is 5.70. The number of guanidine groups is 1. The van der Waals surface area contributed by atoms with Crippen molar-refractivity contribution in [2.75, 3.05) is 26.7 Å². The van der Waals surface area contributed by atoms with Gasteiger partial charge in [-0.15, -0.1) is 6.58 Å². The van der Waals surface area contributed by atoms with Crippen molar-refractivity contribution in [1.82, 2.24) is 15.5 Å². The summed E-state index contributed by atoms with van der Waals surface area (Å²) in [6.45, 7) is 8.73. The Morgan fingerprint density at radius 2 is 1.91 bits per heavy atom. The molecule has 4 nitrogen and oxygen atoms in total. The molecule has 2 N–H and O–H groups in total. The lowest BCUT2D eigenvalue weighted by Gasteiger charge is -2.27. The standard InChI is InChI=1S/C18H28N4/c1-3-11-20-18(19-2)21-14-16-9-5-6-10-17(16)15-22-12-7-4-8-13-22/h3,5-6,9-10H,1,4,7-8,11-15H2,2H3,(H2,19,20,21). The van der Waals surface area contributed by atoms with Gasteiger partial charge >= 0.3 is 0 Å². The van der Waals surface area contributed by atoms with E-state index in [1.807, 2.05) is 6.08 Å². The van der Waals surface area contributed by atoms with Gasteiger partial charge in [-0.05, 0) is 37.1 Å². The Morgan fingerprint density at radius 3 is 2.59 bits per heavy atom. The van der Waals surface area contributed by atoms with Crippen molar-refractivity contribution in [2.45, 2.75) is 32.4 Å². The minimum Gasteiger partial charge on any atom is -0.353 e. The fourth-order valence-electron chi connectivity index (χ4n) is 2.81. The monoisotopic (exact) mass is 300 g/mol. The van der Waals surface area contributed by atoms with E-state index in [0.29, 0.717) is 0 Å². The molecule has 1 aliphatic heterocycles. The normalized spacial score (nSPS) is 16.3. The Labute approximate surface area is 134 Å². The van der Waals surface area contributed by atoms with Crippen LogP contribution in [0.3, 0.4) is 0 Å². The Balaban J connectivity index is 1.93. The molecule has 120 valence electrons. The molecule has 1 heterocycles. The lowest BCUT2D eigenvalue weighted by atomic mass is 10.0. The molecule has 0 unspecified atom stereocenters. The molecule has 1 aromatic rings. The summed E-state index contributed by atoms with van der Waals surface area (Å²) in [6, 6.07) is 8.68. The Morgan fingerprint density at radius 1 is 1.18 bits per heavy atom. The molecule has 0 aliphatic carbocycles.